The second-order valence-electron chi connectivity index (χ2n) is 16.2. The van der Waals surface area contributed by atoms with Crippen molar-refractivity contribution < 1.29 is 38.6 Å². The van der Waals surface area contributed by atoms with Crippen LogP contribution in [-0.4, -0.2) is 52.5 Å². The first-order valence-electron chi connectivity index (χ1n) is 21.0. The topological polar surface area (TPSA) is 167 Å². The highest BCUT2D eigenvalue weighted by Crippen LogP contribution is 2.52. The quantitative estimate of drug-likeness (QED) is 0.0823. The highest BCUT2D eigenvalue weighted by molar-refractivity contribution is 9.10. The summed E-state index contributed by atoms with van der Waals surface area (Å²) >= 11 is 3.51. The molecule has 320 valence electrons. The van der Waals surface area contributed by atoms with Gasteiger partial charge in [-0.05, 0) is 124 Å². The molecule has 4 aliphatic rings. The lowest BCUT2D eigenvalue weighted by atomic mass is 9.81. The smallest absolute Gasteiger partial charge is 0.454 e. The highest BCUT2D eigenvalue weighted by Gasteiger charge is 2.52. The molecule has 64 heavy (non-hydrogen) atoms. The molecule has 8 aromatic rings. The first-order chi connectivity index (χ1) is 31.2. The summed E-state index contributed by atoms with van der Waals surface area (Å²) in [5.74, 6) is 2.96. The van der Waals surface area contributed by atoms with Gasteiger partial charge in [-0.2, -0.15) is 0 Å². The molecule has 12 rings (SSSR count). The van der Waals surface area contributed by atoms with Crippen LogP contribution in [0.3, 0.4) is 0 Å². The Morgan fingerprint density at radius 1 is 0.562 bits per heavy atom. The third kappa shape index (κ3) is 8.07. The lowest BCUT2D eigenvalue weighted by molar-refractivity contribution is -0.119. The summed E-state index contributed by atoms with van der Waals surface area (Å²) in [6.07, 6.45) is 7.26. The van der Waals surface area contributed by atoms with Crippen molar-refractivity contribution in [2.45, 2.75) is 36.5 Å². The summed E-state index contributed by atoms with van der Waals surface area (Å²) in [6.45, 7) is 0.474. The molecule has 12 nitrogen and oxygen atoms in total. The van der Waals surface area contributed by atoms with Gasteiger partial charge in [0, 0.05) is 55.6 Å². The second-order valence-corrected chi connectivity index (χ2v) is 17.1. The van der Waals surface area contributed by atoms with E-state index >= 15 is 0 Å². The number of ether oxygens (including phenoxy) is 4. The number of halogens is 1. The number of hydrogen-bond acceptors (Lipinski definition) is 8. The Morgan fingerprint density at radius 3 is 1.56 bits per heavy atom. The Balaban J connectivity index is 0.000000129. The Kier molecular flexibility index (Phi) is 10.9. The Morgan fingerprint density at radius 2 is 1.05 bits per heavy atom. The predicted octanol–water partition coefficient (Wildman–Crippen LogP) is 8.93. The van der Waals surface area contributed by atoms with E-state index in [0.717, 1.165) is 97.1 Å². The number of amides is 2. The van der Waals surface area contributed by atoms with E-state index < -0.39 is 17.9 Å². The zero-order valence-electron chi connectivity index (χ0n) is 34.4. The average molecular weight is 918 g/mol. The van der Waals surface area contributed by atoms with E-state index in [9.17, 15) is 9.59 Å². The van der Waals surface area contributed by atoms with Crippen molar-refractivity contribution in [2.75, 3.05) is 24.2 Å². The van der Waals surface area contributed by atoms with Crippen molar-refractivity contribution in [2.24, 2.45) is 0 Å². The van der Waals surface area contributed by atoms with Gasteiger partial charge in [-0.25, -0.2) is 0 Å². The van der Waals surface area contributed by atoms with Gasteiger partial charge in [0.25, 0.3) is 0 Å². The molecule has 6 N–H and O–H groups in total. The fourth-order valence-electron chi connectivity index (χ4n) is 8.28. The van der Waals surface area contributed by atoms with Crippen molar-refractivity contribution in [3.63, 3.8) is 0 Å². The maximum atomic E-state index is 13.2. The average Bonchev–Trinajstić information content (AvgIpc) is 4.07. The molecule has 14 heteroatoms. The normalized spacial score (nSPS) is 15.3. The third-order valence-corrected chi connectivity index (χ3v) is 12.9. The molecule has 2 amide bonds. The predicted molar refractivity (Wildman–Crippen MR) is 250 cm³/mol. The number of benzene rings is 6. The van der Waals surface area contributed by atoms with Crippen molar-refractivity contribution in [1.82, 2.24) is 9.97 Å². The van der Waals surface area contributed by atoms with E-state index in [2.05, 4.69) is 48.7 Å². The van der Waals surface area contributed by atoms with Gasteiger partial charge in [0.1, 0.15) is 0 Å². The third-order valence-electron chi connectivity index (χ3n) is 12.2. The fourth-order valence-corrected chi connectivity index (χ4v) is 8.72. The standard InChI is InChI=1S/C25H20N2O3.C19H15BrN2O3.C6H7BO2/c28-24(25(10-11-25)17-6-9-22-23(12-17)30-15-29-22)27-18-7-8-21-19(13-18)20(14-26-21)16-4-2-1-3-5-16;20-14-9-21-15-3-2-12(8-13(14)15)22-18(23)19(5-6-19)11-1-4-16-17(7-11)25-10-24-16;8-7(9)6-4-2-1-3-5-6/h1-9,12-14,26H,10-11,15H2,(H,27,28);1-4,7-9,21H,5-6,10H2,(H,22,23);1-5,8-9H. The number of nitrogens with one attached hydrogen (secondary N) is 4. The summed E-state index contributed by atoms with van der Waals surface area (Å²) < 4.78 is 22.7. The lowest BCUT2D eigenvalue weighted by Crippen LogP contribution is -2.29. The fraction of sp³-hybridized carbons (Fsp3) is 0.160. The molecular formula is C50H42BBrN4O8. The van der Waals surface area contributed by atoms with E-state index in [1.807, 2.05) is 109 Å². The van der Waals surface area contributed by atoms with Crippen LogP contribution in [-0.2, 0) is 20.4 Å². The van der Waals surface area contributed by atoms with Crippen LogP contribution in [0.2, 0.25) is 0 Å². The van der Waals surface area contributed by atoms with Crippen molar-refractivity contribution in [3.8, 4) is 34.1 Å². The number of rotatable bonds is 8. The number of aromatic amines is 2. The van der Waals surface area contributed by atoms with Crippen LogP contribution < -0.4 is 35.0 Å². The molecule has 2 saturated carbocycles. The SMILES string of the molecule is O=C(Nc1ccc2[nH]cc(-c3ccccc3)c2c1)C1(c2ccc3c(c2)OCO3)CC1.O=C(Nc1ccc2[nH]cc(Br)c2c1)C1(c2ccc3c(c2)OCO3)CC1.OB(O)c1ccccc1. The summed E-state index contributed by atoms with van der Waals surface area (Å²) in [4.78, 5) is 32.7. The molecule has 0 unspecified atom stereocenters. The van der Waals surface area contributed by atoms with Gasteiger partial charge < -0.3 is 49.6 Å². The Bertz CT molecular complexity index is 3020. The number of H-pyrrole nitrogens is 2. The molecule has 4 heterocycles. The minimum absolute atomic E-state index is 0.0253. The number of fused-ring (bicyclic) bond motifs is 4. The molecule has 2 aliphatic heterocycles. The van der Waals surface area contributed by atoms with Crippen molar-refractivity contribution >= 4 is 73.5 Å². The van der Waals surface area contributed by atoms with E-state index in [0.29, 0.717) is 17.0 Å². The molecule has 2 aromatic heterocycles. The molecule has 0 radical (unpaired) electrons. The van der Waals surface area contributed by atoms with Crippen LogP contribution in [0.15, 0.2) is 150 Å². The highest BCUT2D eigenvalue weighted by atomic mass is 79.9. The van der Waals surface area contributed by atoms with Gasteiger partial charge in [0.05, 0.1) is 10.8 Å². The molecule has 0 saturated heterocycles. The van der Waals surface area contributed by atoms with Gasteiger partial charge in [0.2, 0.25) is 25.4 Å². The van der Waals surface area contributed by atoms with E-state index in [4.69, 9.17) is 29.0 Å². The number of aromatic nitrogens is 2. The summed E-state index contributed by atoms with van der Waals surface area (Å²) in [5.41, 5.74) is 7.48. The minimum Gasteiger partial charge on any atom is -0.454 e. The maximum absolute atomic E-state index is 13.2. The maximum Gasteiger partial charge on any atom is 0.488 e. The minimum atomic E-state index is -1.34. The molecule has 2 aliphatic carbocycles. The summed E-state index contributed by atoms with van der Waals surface area (Å²) in [7, 11) is -1.34. The van der Waals surface area contributed by atoms with E-state index in [1.165, 1.54) is 0 Å². The molecule has 2 fully saturated rings. The van der Waals surface area contributed by atoms with Crippen LogP contribution in [0.25, 0.3) is 32.9 Å². The largest absolute Gasteiger partial charge is 0.488 e. The van der Waals surface area contributed by atoms with Crippen LogP contribution in [0.5, 0.6) is 23.0 Å². The first kappa shape index (κ1) is 41.0. The van der Waals surface area contributed by atoms with Crippen LogP contribution in [0.1, 0.15) is 36.8 Å². The van der Waals surface area contributed by atoms with E-state index in [-0.39, 0.29) is 25.4 Å². The van der Waals surface area contributed by atoms with Crippen molar-refractivity contribution in [1.29, 1.82) is 0 Å². The molecule has 0 spiro atoms. The Labute approximate surface area is 376 Å². The number of carbonyl (C=O) groups excluding carboxylic acids is 2. The molecule has 6 aromatic carbocycles. The summed E-state index contributed by atoms with van der Waals surface area (Å²) in [5, 5.41) is 25.5. The van der Waals surface area contributed by atoms with Crippen LogP contribution in [0, 0.1) is 0 Å². The monoisotopic (exact) mass is 916 g/mol. The van der Waals surface area contributed by atoms with Crippen LogP contribution >= 0.6 is 15.9 Å². The molecule has 0 atom stereocenters. The van der Waals surface area contributed by atoms with Gasteiger partial charge in [-0.15, -0.1) is 0 Å². The number of carbonyl (C=O) groups is 2. The molecule has 0 bridgehead atoms. The first-order valence-corrected chi connectivity index (χ1v) is 21.8. The van der Waals surface area contributed by atoms with Gasteiger partial charge in [-0.3, -0.25) is 9.59 Å². The van der Waals surface area contributed by atoms with E-state index in [1.54, 1.807) is 24.3 Å². The number of anilines is 2. The second kappa shape index (κ2) is 16.9. The molecular weight excluding hydrogens is 875 g/mol. The number of hydrogen-bond donors (Lipinski definition) is 6. The Hall–Kier alpha value is -7.00. The zero-order chi connectivity index (χ0) is 43.8. The summed E-state index contributed by atoms with van der Waals surface area (Å²) in [6, 6.07) is 42.4. The van der Waals surface area contributed by atoms with Crippen molar-refractivity contribution in [3.05, 3.63) is 161 Å². The zero-order valence-corrected chi connectivity index (χ0v) is 36.0. The van der Waals surface area contributed by atoms with Gasteiger partial charge >= 0.3 is 7.12 Å². The van der Waals surface area contributed by atoms with Gasteiger partial charge in [-0.1, -0.05) is 72.8 Å². The van der Waals surface area contributed by atoms with Gasteiger partial charge in [0.15, 0.2) is 23.0 Å². The van der Waals surface area contributed by atoms with Crippen LogP contribution in [0.4, 0.5) is 11.4 Å². The lowest BCUT2D eigenvalue weighted by Gasteiger charge is -2.16.